The first kappa shape index (κ1) is 14.1. The van der Waals surface area contributed by atoms with E-state index in [1.165, 1.54) is 0 Å². The lowest BCUT2D eigenvalue weighted by molar-refractivity contribution is 0.0221. The van der Waals surface area contributed by atoms with Gasteiger partial charge in [0, 0.05) is 12.7 Å². The van der Waals surface area contributed by atoms with E-state index in [2.05, 4.69) is 4.98 Å². The Labute approximate surface area is 118 Å². The molecule has 1 fully saturated rings. The summed E-state index contributed by atoms with van der Waals surface area (Å²) in [6.45, 7) is 6.33. The maximum absolute atomic E-state index is 12.2. The number of likely N-dealkylation sites (tertiary alicyclic amines) is 1. The molecule has 0 saturated carbocycles. The number of ether oxygens (including phenoxy) is 1. The number of nitrogens with zero attached hydrogens (tertiary/aromatic N) is 2. The largest absolute Gasteiger partial charge is 0.444 e. The van der Waals surface area contributed by atoms with Crippen molar-refractivity contribution in [1.82, 2.24) is 9.88 Å². The van der Waals surface area contributed by atoms with E-state index < -0.39 is 5.60 Å². The number of pyridine rings is 1. The Morgan fingerprint density at radius 1 is 1.47 bits per heavy atom. The fourth-order valence-electron chi connectivity index (χ4n) is 2.20. The maximum atomic E-state index is 12.2. The van der Waals surface area contributed by atoms with Crippen molar-refractivity contribution in [3.8, 4) is 0 Å². The lowest BCUT2D eigenvalue weighted by atomic mass is 10.1. The number of rotatable bonds is 1. The molecule has 19 heavy (non-hydrogen) atoms. The minimum Gasteiger partial charge on any atom is -0.444 e. The molecular formula is C14H19ClN2O2. The molecule has 1 amide bonds. The van der Waals surface area contributed by atoms with Crippen LogP contribution in [0.25, 0.3) is 0 Å². The first-order valence-corrected chi connectivity index (χ1v) is 6.86. The van der Waals surface area contributed by atoms with E-state index in [0.29, 0.717) is 11.6 Å². The summed E-state index contributed by atoms with van der Waals surface area (Å²) < 4.78 is 5.43. The first-order valence-electron chi connectivity index (χ1n) is 6.48. The van der Waals surface area contributed by atoms with Crippen molar-refractivity contribution in [3.63, 3.8) is 0 Å². The molecule has 1 saturated heterocycles. The Hall–Kier alpha value is -1.29. The number of carbonyl (C=O) groups excluding carboxylic acids is 1. The molecule has 0 aromatic carbocycles. The highest BCUT2D eigenvalue weighted by Gasteiger charge is 2.33. The maximum Gasteiger partial charge on any atom is 0.410 e. The van der Waals surface area contributed by atoms with Crippen LogP contribution >= 0.6 is 11.6 Å². The van der Waals surface area contributed by atoms with Crippen LogP contribution in [0.3, 0.4) is 0 Å². The summed E-state index contributed by atoms with van der Waals surface area (Å²) in [5.41, 5.74) is 0.394. The summed E-state index contributed by atoms with van der Waals surface area (Å²) in [5.74, 6) is 0. The van der Waals surface area contributed by atoms with Crippen molar-refractivity contribution in [1.29, 1.82) is 0 Å². The van der Waals surface area contributed by atoms with Crippen molar-refractivity contribution in [3.05, 3.63) is 29.0 Å². The molecule has 0 N–H and O–H groups in total. The lowest BCUT2D eigenvalue weighted by Crippen LogP contribution is -2.36. The molecule has 1 aromatic heterocycles. The predicted octanol–water partition coefficient (Wildman–Crippen LogP) is 3.81. The van der Waals surface area contributed by atoms with Gasteiger partial charge in [-0.1, -0.05) is 11.6 Å². The van der Waals surface area contributed by atoms with Gasteiger partial charge >= 0.3 is 6.09 Å². The van der Waals surface area contributed by atoms with Crippen LogP contribution in [0.2, 0.25) is 5.02 Å². The Morgan fingerprint density at radius 2 is 2.21 bits per heavy atom. The highest BCUT2D eigenvalue weighted by atomic mass is 35.5. The summed E-state index contributed by atoms with van der Waals surface area (Å²) in [5, 5.41) is 0.602. The van der Waals surface area contributed by atoms with E-state index in [-0.39, 0.29) is 12.1 Å². The van der Waals surface area contributed by atoms with Crippen molar-refractivity contribution >= 4 is 17.7 Å². The third-order valence-corrected chi connectivity index (χ3v) is 3.20. The van der Waals surface area contributed by atoms with E-state index in [1.54, 1.807) is 17.2 Å². The summed E-state index contributed by atoms with van der Waals surface area (Å²) >= 11 is 5.84. The van der Waals surface area contributed by atoms with E-state index in [1.807, 2.05) is 26.8 Å². The van der Waals surface area contributed by atoms with Gasteiger partial charge in [0.1, 0.15) is 5.60 Å². The molecule has 1 aliphatic heterocycles. The fraction of sp³-hybridized carbons (Fsp3) is 0.571. The molecule has 5 heteroatoms. The number of hydrogen-bond donors (Lipinski definition) is 0. The minimum atomic E-state index is -0.475. The van der Waals surface area contributed by atoms with Crippen molar-refractivity contribution in [2.45, 2.75) is 45.3 Å². The molecule has 104 valence electrons. The van der Waals surface area contributed by atoms with Gasteiger partial charge in [0.15, 0.2) is 0 Å². The highest BCUT2D eigenvalue weighted by molar-refractivity contribution is 6.30. The summed E-state index contributed by atoms with van der Waals surface area (Å²) in [7, 11) is 0. The minimum absolute atomic E-state index is 0.00730. The van der Waals surface area contributed by atoms with E-state index in [9.17, 15) is 4.79 Å². The summed E-state index contributed by atoms with van der Waals surface area (Å²) in [6.07, 6.45) is 3.22. The zero-order chi connectivity index (χ0) is 14.0. The Bertz CT molecular complexity index is 454. The van der Waals surface area contributed by atoms with Crippen molar-refractivity contribution in [2.75, 3.05) is 6.54 Å². The van der Waals surface area contributed by atoms with Crippen LogP contribution in [0.1, 0.15) is 45.3 Å². The fourth-order valence-corrected chi connectivity index (χ4v) is 2.31. The van der Waals surface area contributed by atoms with Crippen LogP contribution in [0.5, 0.6) is 0 Å². The number of carbonyl (C=O) groups is 1. The quantitative estimate of drug-likeness (QED) is 0.787. The van der Waals surface area contributed by atoms with Crippen LogP contribution in [0.4, 0.5) is 4.79 Å². The molecule has 2 heterocycles. The summed E-state index contributed by atoms with van der Waals surface area (Å²) in [4.78, 5) is 18.2. The van der Waals surface area contributed by atoms with Crippen molar-refractivity contribution in [2.24, 2.45) is 0 Å². The zero-order valence-corrected chi connectivity index (χ0v) is 12.3. The van der Waals surface area contributed by atoms with Crippen LogP contribution in [0.15, 0.2) is 18.3 Å². The standard InChI is InChI=1S/C14H19ClN2O2/c1-14(2,3)19-13(18)17-8-4-5-12(17)11-7-6-10(15)9-16-11/h6-7,9,12H,4-5,8H2,1-3H3. The van der Waals surface area contributed by atoms with Crippen LogP contribution in [0, 0.1) is 0 Å². The molecule has 4 nitrogen and oxygen atoms in total. The third-order valence-electron chi connectivity index (χ3n) is 2.97. The average Bonchev–Trinajstić information content (AvgIpc) is 2.76. The van der Waals surface area contributed by atoms with Gasteiger partial charge in [-0.05, 0) is 45.7 Å². The molecule has 0 spiro atoms. The second-order valence-corrected chi connectivity index (χ2v) is 6.17. The van der Waals surface area contributed by atoms with Gasteiger partial charge in [0.05, 0.1) is 16.8 Å². The SMILES string of the molecule is CC(C)(C)OC(=O)N1CCCC1c1ccc(Cl)cn1. The van der Waals surface area contributed by atoms with Gasteiger partial charge in [0.2, 0.25) is 0 Å². The van der Waals surface area contributed by atoms with Gasteiger partial charge < -0.3 is 4.74 Å². The molecule has 1 aliphatic rings. The van der Waals surface area contributed by atoms with Gasteiger partial charge in [0.25, 0.3) is 0 Å². The van der Waals surface area contributed by atoms with Crippen LogP contribution in [-0.2, 0) is 4.74 Å². The smallest absolute Gasteiger partial charge is 0.410 e. The molecule has 1 unspecified atom stereocenters. The van der Waals surface area contributed by atoms with Crippen LogP contribution in [-0.4, -0.2) is 28.1 Å². The second kappa shape index (κ2) is 5.37. The topological polar surface area (TPSA) is 42.4 Å². The van der Waals surface area contributed by atoms with Gasteiger partial charge in [-0.2, -0.15) is 0 Å². The Kier molecular flexibility index (Phi) is 3.99. The van der Waals surface area contributed by atoms with E-state index in [4.69, 9.17) is 16.3 Å². The highest BCUT2D eigenvalue weighted by Crippen LogP contribution is 2.32. The number of hydrogen-bond acceptors (Lipinski definition) is 3. The van der Waals surface area contributed by atoms with E-state index in [0.717, 1.165) is 18.5 Å². The molecule has 1 atom stereocenters. The Morgan fingerprint density at radius 3 is 2.79 bits per heavy atom. The lowest BCUT2D eigenvalue weighted by Gasteiger charge is -2.28. The average molecular weight is 283 g/mol. The molecule has 0 bridgehead atoms. The number of aromatic nitrogens is 1. The van der Waals surface area contributed by atoms with Gasteiger partial charge in [-0.15, -0.1) is 0 Å². The van der Waals surface area contributed by atoms with Gasteiger partial charge in [-0.25, -0.2) is 4.79 Å². The monoisotopic (exact) mass is 282 g/mol. The van der Waals surface area contributed by atoms with E-state index >= 15 is 0 Å². The van der Waals surface area contributed by atoms with Crippen LogP contribution < -0.4 is 0 Å². The van der Waals surface area contributed by atoms with Crippen molar-refractivity contribution < 1.29 is 9.53 Å². The molecule has 1 aromatic rings. The predicted molar refractivity (Wildman–Crippen MR) is 74.2 cm³/mol. The summed E-state index contributed by atoms with van der Waals surface area (Å²) in [6, 6.07) is 3.66. The molecule has 2 rings (SSSR count). The normalized spacial score (nSPS) is 19.6. The molecule has 0 radical (unpaired) electrons. The third kappa shape index (κ3) is 3.60. The second-order valence-electron chi connectivity index (χ2n) is 5.73. The molecule has 0 aliphatic carbocycles. The Balaban J connectivity index is 2.12. The zero-order valence-electron chi connectivity index (χ0n) is 11.5. The molecular weight excluding hydrogens is 264 g/mol. The number of halogens is 1. The van der Waals surface area contributed by atoms with Gasteiger partial charge in [-0.3, -0.25) is 9.88 Å². The number of amides is 1. The first-order chi connectivity index (χ1) is 8.87.